The predicted octanol–water partition coefficient (Wildman–Crippen LogP) is 2.19. The molecule has 0 spiro atoms. The average Bonchev–Trinajstić information content (AvgIpc) is 0.811. The molecule has 0 saturated heterocycles. The van der Waals surface area contributed by atoms with Crippen LogP contribution in [0.15, 0.2) is 12.7 Å². The summed E-state index contributed by atoms with van der Waals surface area (Å²) in [6.07, 6.45) is -1.83. The molecule has 0 aliphatic carbocycles. The molecule has 0 radical (unpaired) electrons. The second kappa shape index (κ2) is 8.82. The molecule has 0 fully saturated rings. The van der Waals surface area contributed by atoms with Crippen LogP contribution in [0.4, 0.5) is 13.5 Å². The third kappa shape index (κ3) is 102. The highest BCUT2D eigenvalue weighted by molar-refractivity contribution is 4.57. The molecule has 0 bridgehead atoms. The fourth-order valence-corrected chi connectivity index (χ4v) is 0. The molecular weight excluding hydrogens is 93.0 g/mol. The van der Waals surface area contributed by atoms with Gasteiger partial charge < -0.3 is 0 Å². The van der Waals surface area contributed by atoms with Gasteiger partial charge in [-0.3, -0.25) is 4.70 Å². The summed E-state index contributed by atoms with van der Waals surface area (Å²) in [5.74, 6) is 0. The highest BCUT2D eigenvalue weighted by Gasteiger charge is 1.65. The largest absolute Gasteiger partial charge is 0.269 e. The third-order valence-corrected chi connectivity index (χ3v) is 0. The van der Waals surface area contributed by atoms with E-state index in [0.717, 1.165) is 0 Å². The Labute approximate surface area is 34.8 Å². The van der Waals surface area contributed by atoms with Crippen molar-refractivity contribution in [1.29, 1.82) is 0 Å². The molecule has 40 valence electrons. The van der Waals surface area contributed by atoms with Crippen LogP contribution in [0.2, 0.25) is 0 Å². The maximum atomic E-state index is 10.1. The lowest BCUT2D eigenvalue weighted by Gasteiger charge is -1.54. The van der Waals surface area contributed by atoms with Gasteiger partial charge in [0, 0.05) is 0 Å². The fourth-order valence-electron chi connectivity index (χ4n) is 0. The Hall–Kier alpha value is -0.470. The normalized spacial score (nSPS) is 4.33. The molecule has 0 unspecified atom stereocenters. The topological polar surface area (TPSA) is 0 Å². The molecular formula is C3H7F3. The number of rotatable bonds is 0. The molecule has 0 atom stereocenters. The molecule has 0 aromatic rings. The smallest absolute Gasteiger partial charge is 0.263 e. The first-order valence-electron chi connectivity index (χ1n) is 0.732. The first-order chi connectivity index (χ1) is 1.73. The van der Waals surface area contributed by atoms with E-state index in [0.29, 0.717) is 0 Å². The SMILES string of the molecule is C.C=C(F)F.F. The minimum Gasteiger partial charge on any atom is -0.269 e. The second-order valence-electron chi connectivity index (χ2n) is 0.339. The minimum absolute atomic E-state index is 0. The lowest BCUT2D eigenvalue weighted by molar-refractivity contribution is 0.426. The highest BCUT2D eigenvalue weighted by Crippen LogP contribution is 1.85. The van der Waals surface area contributed by atoms with Crippen molar-refractivity contribution in [3.63, 3.8) is 0 Å². The van der Waals surface area contributed by atoms with Gasteiger partial charge in [0.25, 0.3) is 6.08 Å². The molecule has 0 heterocycles. The fraction of sp³-hybridized carbons (Fsp3) is 0.333. The molecule has 0 aliphatic rings. The van der Waals surface area contributed by atoms with Crippen molar-refractivity contribution in [2.75, 3.05) is 0 Å². The van der Waals surface area contributed by atoms with Gasteiger partial charge in [0.2, 0.25) is 0 Å². The lowest BCUT2D eigenvalue weighted by Crippen LogP contribution is -1.33. The summed E-state index contributed by atoms with van der Waals surface area (Å²) in [7, 11) is 0. The molecule has 0 nitrogen and oxygen atoms in total. The van der Waals surface area contributed by atoms with Gasteiger partial charge in [0.15, 0.2) is 0 Å². The van der Waals surface area contributed by atoms with E-state index in [1.807, 2.05) is 0 Å². The maximum Gasteiger partial charge on any atom is 0.263 e. The van der Waals surface area contributed by atoms with Crippen LogP contribution >= 0.6 is 0 Å². The zero-order valence-corrected chi connectivity index (χ0v) is 2.37. The van der Waals surface area contributed by atoms with Gasteiger partial charge in [-0.1, -0.05) is 7.43 Å². The van der Waals surface area contributed by atoms with Crippen molar-refractivity contribution in [3.05, 3.63) is 12.7 Å². The molecule has 0 aromatic carbocycles. The molecule has 6 heavy (non-hydrogen) atoms. The van der Waals surface area contributed by atoms with Crippen molar-refractivity contribution in [1.82, 2.24) is 0 Å². The summed E-state index contributed by atoms with van der Waals surface area (Å²) in [4.78, 5) is 0. The summed E-state index contributed by atoms with van der Waals surface area (Å²) in [6, 6.07) is 0. The summed E-state index contributed by atoms with van der Waals surface area (Å²) in [5.41, 5.74) is 0. The molecule has 0 rings (SSSR count). The van der Waals surface area contributed by atoms with Crippen LogP contribution in [0.3, 0.4) is 0 Å². The Kier molecular flexibility index (Phi) is 26.1. The monoisotopic (exact) mass is 100 g/mol. The second-order valence-corrected chi connectivity index (χ2v) is 0.339. The van der Waals surface area contributed by atoms with Gasteiger partial charge in [-0.05, 0) is 6.58 Å². The lowest BCUT2D eigenvalue weighted by atomic mass is 11.2. The van der Waals surface area contributed by atoms with Gasteiger partial charge in [0.05, 0.1) is 0 Å². The van der Waals surface area contributed by atoms with Gasteiger partial charge in [-0.15, -0.1) is 0 Å². The van der Waals surface area contributed by atoms with Crippen molar-refractivity contribution < 1.29 is 13.5 Å². The molecule has 0 aromatic heterocycles. The Bertz CT molecular complexity index is 29.0. The van der Waals surface area contributed by atoms with E-state index in [1.54, 1.807) is 0 Å². The van der Waals surface area contributed by atoms with Crippen LogP contribution < -0.4 is 0 Å². The summed E-state index contributed by atoms with van der Waals surface area (Å²) in [6.45, 7) is 2.22. The number of halogens is 3. The van der Waals surface area contributed by atoms with Crippen LogP contribution in [0, 0.1) is 0 Å². The van der Waals surface area contributed by atoms with Gasteiger partial charge >= 0.3 is 0 Å². The van der Waals surface area contributed by atoms with Crippen LogP contribution in [0.1, 0.15) is 7.43 Å². The summed E-state index contributed by atoms with van der Waals surface area (Å²) >= 11 is 0. The number of hydrogen-bond acceptors (Lipinski definition) is 0. The molecule has 0 amide bonds. The molecule has 0 aliphatic heterocycles. The van der Waals surface area contributed by atoms with E-state index < -0.39 is 6.08 Å². The molecule has 0 saturated carbocycles. The van der Waals surface area contributed by atoms with E-state index in [9.17, 15) is 8.78 Å². The average molecular weight is 100 g/mol. The highest BCUT2D eigenvalue weighted by atomic mass is 19.3. The van der Waals surface area contributed by atoms with Crippen LogP contribution in [0.5, 0.6) is 0 Å². The maximum absolute atomic E-state index is 10.1. The molecule has 3 heteroatoms. The van der Waals surface area contributed by atoms with E-state index in [-0.39, 0.29) is 12.1 Å². The van der Waals surface area contributed by atoms with E-state index in [4.69, 9.17) is 0 Å². The van der Waals surface area contributed by atoms with E-state index in [2.05, 4.69) is 6.58 Å². The zero-order chi connectivity index (χ0) is 3.58. The first kappa shape index (κ1) is 17.7. The minimum atomic E-state index is -1.83. The molecule has 0 N–H and O–H groups in total. The van der Waals surface area contributed by atoms with Crippen molar-refractivity contribution >= 4 is 0 Å². The Morgan fingerprint density at radius 1 is 1.33 bits per heavy atom. The van der Waals surface area contributed by atoms with Crippen LogP contribution in [-0.2, 0) is 0 Å². The predicted molar refractivity (Wildman–Crippen MR) is 20.6 cm³/mol. The summed E-state index contributed by atoms with van der Waals surface area (Å²) < 4.78 is 20.3. The van der Waals surface area contributed by atoms with Crippen molar-refractivity contribution in [3.8, 4) is 0 Å². The van der Waals surface area contributed by atoms with Crippen molar-refractivity contribution in [2.24, 2.45) is 0 Å². The van der Waals surface area contributed by atoms with E-state index >= 15 is 0 Å². The standard InChI is InChI=1S/C2H2F2.CH4.FH/c1-2(3)4;;/h1H2;1H4;1H. The zero-order valence-electron chi connectivity index (χ0n) is 2.37. The third-order valence-electron chi connectivity index (χ3n) is 0. The Morgan fingerprint density at radius 3 is 1.33 bits per heavy atom. The van der Waals surface area contributed by atoms with Crippen LogP contribution in [0.25, 0.3) is 0 Å². The van der Waals surface area contributed by atoms with Gasteiger partial charge in [-0.2, -0.15) is 8.78 Å². The first-order valence-corrected chi connectivity index (χ1v) is 0.732. The Morgan fingerprint density at radius 2 is 1.33 bits per heavy atom. The van der Waals surface area contributed by atoms with Gasteiger partial charge in [-0.25, -0.2) is 0 Å². The quantitative estimate of drug-likeness (QED) is 0.437. The van der Waals surface area contributed by atoms with Gasteiger partial charge in [0.1, 0.15) is 0 Å². The Balaban J connectivity index is -0.0000000450. The summed E-state index contributed by atoms with van der Waals surface area (Å²) in [5, 5.41) is 0. The van der Waals surface area contributed by atoms with Crippen molar-refractivity contribution in [2.45, 2.75) is 7.43 Å². The van der Waals surface area contributed by atoms with Crippen LogP contribution in [-0.4, -0.2) is 0 Å². The van der Waals surface area contributed by atoms with E-state index in [1.165, 1.54) is 0 Å². The number of hydrogen-bond donors (Lipinski definition) is 0.